The second-order valence-corrected chi connectivity index (χ2v) is 8.26. The number of hydrogen-bond acceptors (Lipinski definition) is 6. The fourth-order valence-electron chi connectivity index (χ4n) is 2.91. The third-order valence-corrected chi connectivity index (χ3v) is 6.01. The molecule has 0 spiro atoms. The molecular weight excluding hydrogens is 446 g/mol. The lowest BCUT2D eigenvalue weighted by Crippen LogP contribution is -2.16. The van der Waals surface area contributed by atoms with Gasteiger partial charge in [0.25, 0.3) is 0 Å². The molecule has 2 heterocycles. The summed E-state index contributed by atoms with van der Waals surface area (Å²) in [6, 6.07) is 9.38. The Balaban J connectivity index is 1.25. The molecule has 0 fully saturated rings. The quantitative estimate of drug-likeness (QED) is 0.643. The zero-order valence-corrected chi connectivity index (χ0v) is 17.6. The van der Waals surface area contributed by atoms with E-state index >= 15 is 0 Å². The van der Waals surface area contributed by atoms with Crippen LogP contribution in [0.25, 0.3) is 0 Å². The van der Waals surface area contributed by atoms with Crippen molar-refractivity contribution in [3.63, 3.8) is 0 Å². The summed E-state index contributed by atoms with van der Waals surface area (Å²) in [6.45, 7) is 2.22. The summed E-state index contributed by atoms with van der Waals surface area (Å²) in [5.41, 5.74) is 1.84. The van der Waals surface area contributed by atoms with Gasteiger partial charge in [0.05, 0.1) is 0 Å². The van der Waals surface area contributed by atoms with Crippen LogP contribution in [0.1, 0.15) is 12.0 Å². The lowest BCUT2D eigenvalue weighted by Gasteiger charge is -2.20. The van der Waals surface area contributed by atoms with Crippen molar-refractivity contribution in [2.45, 2.75) is 12.2 Å². The van der Waals surface area contributed by atoms with Gasteiger partial charge >= 0.3 is 0 Å². The zero-order chi connectivity index (χ0) is 19.3. The summed E-state index contributed by atoms with van der Waals surface area (Å²) in [4.78, 5) is 12.2. The molecule has 0 saturated carbocycles. The van der Waals surface area contributed by atoms with Gasteiger partial charge in [-0.25, -0.2) is 0 Å². The van der Waals surface area contributed by atoms with E-state index in [2.05, 4.69) is 21.2 Å². The summed E-state index contributed by atoms with van der Waals surface area (Å²) in [6.07, 6.45) is 0.432. The number of amides is 1. The predicted octanol–water partition coefficient (Wildman–Crippen LogP) is 4.25. The van der Waals surface area contributed by atoms with Gasteiger partial charge in [0.15, 0.2) is 23.0 Å². The Hall–Kier alpha value is -2.06. The number of anilines is 1. The maximum absolute atomic E-state index is 12.2. The van der Waals surface area contributed by atoms with Gasteiger partial charge in [0.2, 0.25) is 5.91 Å². The molecule has 0 aliphatic carbocycles. The largest absolute Gasteiger partial charge is 0.486 e. The average Bonchev–Trinajstić information content (AvgIpc) is 2.71. The molecule has 2 aliphatic heterocycles. The Kier molecular flexibility index (Phi) is 6.17. The average molecular weight is 466 g/mol. The van der Waals surface area contributed by atoms with Crippen LogP contribution in [0, 0.1) is 0 Å². The van der Waals surface area contributed by atoms with E-state index in [4.69, 9.17) is 18.9 Å². The van der Waals surface area contributed by atoms with Crippen molar-refractivity contribution in [2.75, 3.05) is 37.5 Å². The Morgan fingerprint density at radius 3 is 2.32 bits per heavy atom. The molecule has 0 aromatic heterocycles. The van der Waals surface area contributed by atoms with Gasteiger partial charge in [-0.2, -0.15) is 11.8 Å². The molecule has 0 unspecified atom stereocenters. The normalized spacial score (nSPS) is 14.5. The molecule has 8 heteroatoms. The highest BCUT2D eigenvalue weighted by Gasteiger charge is 2.15. The second kappa shape index (κ2) is 8.96. The van der Waals surface area contributed by atoms with E-state index in [-0.39, 0.29) is 5.91 Å². The minimum atomic E-state index is -0.0228. The Morgan fingerprint density at radius 2 is 1.57 bits per heavy atom. The van der Waals surface area contributed by atoms with Crippen molar-refractivity contribution in [1.29, 1.82) is 0 Å². The Bertz CT molecular complexity index is 876. The summed E-state index contributed by atoms with van der Waals surface area (Å²) in [5.74, 6) is 4.41. The van der Waals surface area contributed by atoms with Crippen LogP contribution in [0.2, 0.25) is 0 Å². The number of thioether (sulfide) groups is 1. The first-order chi connectivity index (χ1) is 13.7. The number of fused-ring (bicyclic) bond motifs is 2. The molecule has 1 amide bonds. The van der Waals surface area contributed by atoms with Gasteiger partial charge in [-0.05, 0) is 29.8 Å². The van der Waals surface area contributed by atoms with E-state index in [0.29, 0.717) is 50.0 Å². The number of nitrogens with one attached hydrogen (secondary N) is 1. The molecule has 0 saturated heterocycles. The highest BCUT2D eigenvalue weighted by molar-refractivity contribution is 9.10. The zero-order valence-electron chi connectivity index (χ0n) is 15.2. The summed E-state index contributed by atoms with van der Waals surface area (Å²) < 4.78 is 23.2. The monoisotopic (exact) mass is 465 g/mol. The fraction of sp³-hybridized carbons (Fsp3) is 0.350. The van der Waals surface area contributed by atoms with E-state index in [1.54, 1.807) is 17.8 Å². The van der Waals surface area contributed by atoms with Gasteiger partial charge in [-0.3, -0.25) is 4.79 Å². The highest BCUT2D eigenvalue weighted by Crippen LogP contribution is 2.37. The van der Waals surface area contributed by atoms with Crippen molar-refractivity contribution < 1.29 is 23.7 Å². The van der Waals surface area contributed by atoms with E-state index in [9.17, 15) is 4.79 Å². The number of benzene rings is 2. The molecule has 0 radical (unpaired) electrons. The first kappa shape index (κ1) is 19.3. The fourth-order valence-corrected chi connectivity index (χ4v) is 4.49. The molecule has 148 valence electrons. The molecule has 6 nitrogen and oxygen atoms in total. The van der Waals surface area contributed by atoms with Crippen LogP contribution in [0.15, 0.2) is 34.8 Å². The van der Waals surface area contributed by atoms with Gasteiger partial charge in [0.1, 0.15) is 26.4 Å². The first-order valence-corrected chi connectivity index (χ1v) is 11.0. The number of ether oxygens (including phenoxy) is 4. The van der Waals surface area contributed by atoms with Crippen molar-refractivity contribution >= 4 is 39.3 Å². The third kappa shape index (κ3) is 4.67. The van der Waals surface area contributed by atoms with E-state index in [1.165, 1.54) is 0 Å². The maximum atomic E-state index is 12.2. The minimum Gasteiger partial charge on any atom is -0.486 e. The standard InChI is InChI=1S/C20H20BrNO5S/c21-15-11-19-17(25-6-7-27-19)9-13(15)12-28-8-3-20(23)22-14-1-2-16-18(10-14)26-5-4-24-16/h1-2,9-11H,3-8,12H2,(H,22,23). The topological polar surface area (TPSA) is 66.0 Å². The molecule has 2 aliphatic rings. The van der Waals surface area contributed by atoms with E-state index in [1.807, 2.05) is 24.3 Å². The molecule has 2 aromatic carbocycles. The van der Waals surface area contributed by atoms with Crippen molar-refractivity contribution in [3.05, 3.63) is 40.4 Å². The molecular formula is C20H20BrNO5S. The van der Waals surface area contributed by atoms with Crippen LogP contribution in [-0.2, 0) is 10.5 Å². The first-order valence-electron chi connectivity index (χ1n) is 9.04. The summed E-state index contributed by atoms with van der Waals surface area (Å²) in [5, 5.41) is 2.91. The SMILES string of the molecule is O=C(CCSCc1cc2c(cc1Br)OCCO2)Nc1ccc2c(c1)OCCO2. The molecule has 0 atom stereocenters. The summed E-state index contributed by atoms with van der Waals surface area (Å²) in [7, 11) is 0. The van der Waals surface area contributed by atoms with Gasteiger partial charge < -0.3 is 24.3 Å². The van der Waals surface area contributed by atoms with Gasteiger partial charge in [-0.15, -0.1) is 0 Å². The molecule has 2 aromatic rings. The molecule has 28 heavy (non-hydrogen) atoms. The maximum Gasteiger partial charge on any atom is 0.225 e. The molecule has 1 N–H and O–H groups in total. The third-order valence-electron chi connectivity index (χ3n) is 4.27. The minimum absolute atomic E-state index is 0.0228. The smallest absolute Gasteiger partial charge is 0.225 e. The van der Waals surface area contributed by atoms with Crippen LogP contribution in [-0.4, -0.2) is 38.1 Å². The Labute approximate surface area is 176 Å². The lowest BCUT2D eigenvalue weighted by atomic mass is 10.2. The van der Waals surface area contributed by atoms with Crippen LogP contribution >= 0.6 is 27.7 Å². The van der Waals surface area contributed by atoms with Crippen LogP contribution in [0.3, 0.4) is 0 Å². The van der Waals surface area contributed by atoms with E-state index < -0.39 is 0 Å². The van der Waals surface area contributed by atoms with Crippen molar-refractivity contribution in [2.24, 2.45) is 0 Å². The number of halogens is 1. The van der Waals surface area contributed by atoms with Gasteiger partial charge in [0, 0.05) is 34.2 Å². The predicted molar refractivity (Wildman–Crippen MR) is 112 cm³/mol. The van der Waals surface area contributed by atoms with E-state index in [0.717, 1.165) is 33.0 Å². The highest BCUT2D eigenvalue weighted by atomic mass is 79.9. The number of carbonyl (C=O) groups excluding carboxylic acids is 1. The summed E-state index contributed by atoms with van der Waals surface area (Å²) >= 11 is 5.28. The van der Waals surface area contributed by atoms with Gasteiger partial charge in [-0.1, -0.05) is 15.9 Å². The van der Waals surface area contributed by atoms with Crippen molar-refractivity contribution in [1.82, 2.24) is 0 Å². The van der Waals surface area contributed by atoms with Crippen molar-refractivity contribution in [3.8, 4) is 23.0 Å². The molecule has 4 rings (SSSR count). The van der Waals surface area contributed by atoms with Crippen LogP contribution in [0.4, 0.5) is 5.69 Å². The van der Waals surface area contributed by atoms with Crippen LogP contribution in [0.5, 0.6) is 23.0 Å². The number of carbonyl (C=O) groups is 1. The number of hydrogen-bond donors (Lipinski definition) is 1. The van der Waals surface area contributed by atoms with Crippen LogP contribution < -0.4 is 24.3 Å². The Morgan fingerprint density at radius 1 is 0.929 bits per heavy atom. The lowest BCUT2D eigenvalue weighted by molar-refractivity contribution is -0.115. The number of rotatable bonds is 6. The second-order valence-electron chi connectivity index (χ2n) is 6.30. The molecule has 0 bridgehead atoms.